The van der Waals surface area contributed by atoms with Crippen LogP contribution >= 0.6 is 11.3 Å². The zero-order valence-electron chi connectivity index (χ0n) is 8.47. The third kappa shape index (κ3) is 2.08. The van der Waals surface area contributed by atoms with E-state index in [-0.39, 0.29) is 6.73 Å². The van der Waals surface area contributed by atoms with Gasteiger partial charge in [0.1, 0.15) is 10.9 Å². The molecule has 0 N–H and O–H groups in total. The minimum absolute atomic E-state index is 0.182. The van der Waals surface area contributed by atoms with E-state index in [9.17, 15) is 8.42 Å². The molecule has 0 aliphatic carbocycles. The predicted molar refractivity (Wildman–Crippen MR) is 58.4 cm³/mol. The lowest BCUT2D eigenvalue weighted by molar-refractivity contribution is 0.172. The van der Waals surface area contributed by atoms with E-state index in [0.29, 0.717) is 17.4 Å². The molecular formula is C9H13NO3S2. The van der Waals surface area contributed by atoms with Crippen LogP contribution in [0.4, 0.5) is 0 Å². The Bertz CT molecular complexity index is 432. The first-order valence-electron chi connectivity index (χ1n) is 4.81. The Morgan fingerprint density at radius 3 is 2.87 bits per heavy atom. The van der Waals surface area contributed by atoms with E-state index in [0.717, 1.165) is 11.3 Å². The number of ether oxygens (including phenoxy) is 1. The number of hydrogen-bond acceptors (Lipinski definition) is 4. The van der Waals surface area contributed by atoms with Gasteiger partial charge in [-0.05, 0) is 18.6 Å². The van der Waals surface area contributed by atoms with Gasteiger partial charge in [-0.1, -0.05) is 6.92 Å². The van der Waals surface area contributed by atoms with Crippen molar-refractivity contribution in [1.82, 2.24) is 4.31 Å². The Morgan fingerprint density at radius 1 is 1.53 bits per heavy atom. The van der Waals surface area contributed by atoms with Crippen molar-refractivity contribution in [2.45, 2.75) is 17.6 Å². The molecule has 2 heterocycles. The van der Waals surface area contributed by atoms with Gasteiger partial charge in [0, 0.05) is 11.4 Å². The molecule has 1 fully saturated rings. The van der Waals surface area contributed by atoms with Crippen molar-refractivity contribution in [2.75, 3.05) is 19.9 Å². The maximum absolute atomic E-state index is 12.0. The Morgan fingerprint density at radius 2 is 2.33 bits per heavy atom. The third-order valence-corrected chi connectivity index (χ3v) is 5.82. The summed E-state index contributed by atoms with van der Waals surface area (Å²) in [7, 11) is -3.30. The van der Waals surface area contributed by atoms with Crippen LogP contribution < -0.4 is 0 Å². The lowest BCUT2D eigenvalue weighted by Crippen LogP contribution is -2.27. The zero-order chi connectivity index (χ0) is 10.9. The first kappa shape index (κ1) is 11.1. The average molecular weight is 247 g/mol. The van der Waals surface area contributed by atoms with Crippen LogP contribution in [-0.2, 0) is 21.2 Å². The Hall–Kier alpha value is -0.430. The van der Waals surface area contributed by atoms with Gasteiger partial charge in [0.05, 0.1) is 6.61 Å². The standard InChI is InChI=1S/C9H13NO3S2/c1-2-8-3-4-9(14-8)15(11,12)10-5-6-13-7-10/h3-4H,2,5-7H2,1H3. The SMILES string of the molecule is CCc1ccc(S(=O)(=O)N2CCOC2)s1. The van der Waals surface area contributed by atoms with Gasteiger partial charge in [-0.15, -0.1) is 11.3 Å². The maximum Gasteiger partial charge on any atom is 0.254 e. The Kier molecular flexibility index (Phi) is 3.11. The second-order valence-corrected chi connectivity index (χ2v) is 6.63. The summed E-state index contributed by atoms with van der Waals surface area (Å²) in [6, 6.07) is 3.55. The minimum atomic E-state index is -3.30. The van der Waals surface area contributed by atoms with E-state index in [1.807, 2.05) is 13.0 Å². The van der Waals surface area contributed by atoms with Crippen molar-refractivity contribution in [3.8, 4) is 0 Å². The monoisotopic (exact) mass is 247 g/mol. The fourth-order valence-corrected chi connectivity index (χ4v) is 4.16. The van der Waals surface area contributed by atoms with E-state index in [1.165, 1.54) is 15.6 Å². The van der Waals surface area contributed by atoms with Crippen molar-refractivity contribution in [3.63, 3.8) is 0 Å². The van der Waals surface area contributed by atoms with E-state index in [4.69, 9.17) is 4.74 Å². The van der Waals surface area contributed by atoms with Crippen molar-refractivity contribution in [1.29, 1.82) is 0 Å². The first-order chi connectivity index (χ1) is 7.14. The van der Waals surface area contributed by atoms with Gasteiger partial charge < -0.3 is 4.74 Å². The second-order valence-electron chi connectivity index (χ2n) is 3.29. The van der Waals surface area contributed by atoms with Crippen LogP contribution in [0.2, 0.25) is 0 Å². The Labute approximate surface area is 93.5 Å². The van der Waals surface area contributed by atoms with Gasteiger partial charge in [0.25, 0.3) is 10.0 Å². The number of sulfonamides is 1. The normalized spacial score (nSPS) is 18.5. The zero-order valence-corrected chi connectivity index (χ0v) is 10.1. The van der Waals surface area contributed by atoms with Crippen LogP contribution in [0.1, 0.15) is 11.8 Å². The van der Waals surface area contributed by atoms with Gasteiger partial charge in [-0.3, -0.25) is 0 Å². The summed E-state index contributed by atoms with van der Waals surface area (Å²) >= 11 is 1.34. The predicted octanol–water partition coefficient (Wildman–Crippen LogP) is 1.29. The highest BCUT2D eigenvalue weighted by atomic mass is 32.2. The molecule has 2 rings (SSSR count). The summed E-state index contributed by atoms with van der Waals surface area (Å²) in [5.74, 6) is 0. The van der Waals surface area contributed by atoms with Crippen LogP contribution in [0.3, 0.4) is 0 Å². The number of thiophene rings is 1. The molecule has 0 bridgehead atoms. The van der Waals surface area contributed by atoms with Gasteiger partial charge in [-0.2, -0.15) is 4.31 Å². The molecule has 0 radical (unpaired) electrons. The van der Waals surface area contributed by atoms with E-state index in [1.54, 1.807) is 6.07 Å². The molecule has 84 valence electrons. The summed E-state index contributed by atoms with van der Waals surface area (Å²) in [4.78, 5) is 1.09. The molecule has 0 aromatic carbocycles. The topological polar surface area (TPSA) is 46.6 Å². The van der Waals surface area contributed by atoms with Crippen LogP contribution in [0.5, 0.6) is 0 Å². The maximum atomic E-state index is 12.0. The molecule has 0 spiro atoms. The van der Waals surface area contributed by atoms with Crippen LogP contribution in [0.15, 0.2) is 16.3 Å². The number of nitrogens with zero attached hydrogens (tertiary/aromatic N) is 1. The summed E-state index contributed by atoms with van der Waals surface area (Å²) in [5.41, 5.74) is 0. The highest BCUT2D eigenvalue weighted by Gasteiger charge is 2.28. The summed E-state index contributed by atoms with van der Waals surface area (Å²) in [6.07, 6.45) is 0.872. The highest BCUT2D eigenvalue weighted by Crippen LogP contribution is 2.26. The first-order valence-corrected chi connectivity index (χ1v) is 7.07. The summed E-state index contributed by atoms with van der Waals surface area (Å²) in [5, 5.41) is 0. The smallest absolute Gasteiger partial charge is 0.254 e. The number of rotatable bonds is 3. The third-order valence-electron chi connectivity index (χ3n) is 2.30. The number of hydrogen-bond donors (Lipinski definition) is 0. The fraction of sp³-hybridized carbons (Fsp3) is 0.556. The minimum Gasteiger partial charge on any atom is -0.364 e. The van der Waals surface area contributed by atoms with Crippen molar-refractivity contribution in [2.24, 2.45) is 0 Å². The summed E-state index contributed by atoms with van der Waals surface area (Å²) < 4.78 is 30.9. The number of aryl methyl sites for hydroxylation is 1. The quantitative estimate of drug-likeness (QED) is 0.808. The van der Waals surface area contributed by atoms with Crippen molar-refractivity contribution < 1.29 is 13.2 Å². The average Bonchev–Trinajstić information content (AvgIpc) is 2.89. The van der Waals surface area contributed by atoms with Gasteiger partial charge in [0.2, 0.25) is 0 Å². The van der Waals surface area contributed by atoms with Crippen LogP contribution in [0, 0.1) is 0 Å². The Balaban J connectivity index is 2.28. The molecule has 6 heteroatoms. The molecule has 1 aliphatic heterocycles. The molecule has 1 aliphatic rings. The molecule has 1 aromatic rings. The summed E-state index contributed by atoms with van der Waals surface area (Å²) in [6.45, 7) is 3.15. The lowest BCUT2D eigenvalue weighted by atomic mass is 10.4. The van der Waals surface area contributed by atoms with Gasteiger partial charge >= 0.3 is 0 Å². The molecule has 1 saturated heterocycles. The van der Waals surface area contributed by atoms with E-state index < -0.39 is 10.0 Å². The van der Waals surface area contributed by atoms with Crippen molar-refractivity contribution in [3.05, 3.63) is 17.0 Å². The molecule has 1 aromatic heterocycles. The molecule has 15 heavy (non-hydrogen) atoms. The molecular weight excluding hydrogens is 234 g/mol. The lowest BCUT2D eigenvalue weighted by Gasteiger charge is -2.11. The second kappa shape index (κ2) is 4.21. The van der Waals surface area contributed by atoms with Crippen LogP contribution in [-0.4, -0.2) is 32.6 Å². The van der Waals surface area contributed by atoms with Gasteiger partial charge in [0.15, 0.2) is 0 Å². The molecule has 0 unspecified atom stereocenters. The molecule has 0 amide bonds. The molecule has 4 nitrogen and oxygen atoms in total. The van der Waals surface area contributed by atoms with Crippen molar-refractivity contribution >= 4 is 21.4 Å². The largest absolute Gasteiger partial charge is 0.364 e. The van der Waals surface area contributed by atoms with E-state index >= 15 is 0 Å². The van der Waals surface area contributed by atoms with Gasteiger partial charge in [-0.25, -0.2) is 8.42 Å². The van der Waals surface area contributed by atoms with E-state index in [2.05, 4.69) is 0 Å². The highest BCUT2D eigenvalue weighted by molar-refractivity contribution is 7.91. The van der Waals surface area contributed by atoms with Crippen LogP contribution in [0.25, 0.3) is 0 Å². The molecule has 0 atom stereocenters. The fourth-order valence-electron chi connectivity index (χ4n) is 1.40. The molecule has 0 saturated carbocycles.